The summed E-state index contributed by atoms with van der Waals surface area (Å²) in [6, 6.07) is 0.564. The van der Waals surface area contributed by atoms with E-state index < -0.39 is 0 Å². The summed E-state index contributed by atoms with van der Waals surface area (Å²) >= 11 is 0. The Morgan fingerprint density at radius 2 is 2.00 bits per heavy atom. The molecule has 59 valence electrons. The number of morpholine rings is 1. The summed E-state index contributed by atoms with van der Waals surface area (Å²) in [6.45, 7) is 8.89. The van der Waals surface area contributed by atoms with Gasteiger partial charge in [0.15, 0.2) is 0 Å². The van der Waals surface area contributed by atoms with Crippen molar-refractivity contribution < 1.29 is 37.4 Å². The molecule has 1 unspecified atom stereocenters. The third kappa shape index (κ3) is 7.13. The molecule has 1 atom stereocenters. The minimum Gasteiger partial charge on any atom is -0.379 e. The molecule has 1 rings (SSSR count). The monoisotopic (exact) mass is 220 g/mol. The average Bonchev–Trinajstić information content (AvgIpc) is 1.94. The Hall–Kier alpha value is 1.02. The molecule has 2 nitrogen and oxygen atoms in total. The van der Waals surface area contributed by atoms with Gasteiger partial charge in [0.1, 0.15) is 0 Å². The number of rotatable bonds is 0. The van der Waals surface area contributed by atoms with Crippen LogP contribution in [0.2, 0.25) is 0 Å². The van der Waals surface area contributed by atoms with E-state index in [2.05, 4.69) is 12.2 Å². The molecule has 1 N–H and O–H groups in total. The minimum absolute atomic E-state index is 0. The Morgan fingerprint density at radius 3 is 2.20 bits per heavy atom. The van der Waals surface area contributed by atoms with Gasteiger partial charge in [-0.25, -0.2) is 0 Å². The van der Waals surface area contributed by atoms with Gasteiger partial charge in [0.05, 0.1) is 13.2 Å². The van der Waals surface area contributed by atoms with Gasteiger partial charge in [-0.2, -0.15) is 0 Å². The molecule has 0 aliphatic carbocycles. The standard InChI is InChI=1S/C5H11NO.C2H6.Y/c1-5-4-7-3-2-6-5;1-2;/h5-6H,2-4H2,1H3;1-2H3;. The summed E-state index contributed by atoms with van der Waals surface area (Å²) in [5.74, 6) is 0. The van der Waals surface area contributed by atoms with E-state index in [9.17, 15) is 0 Å². The summed E-state index contributed by atoms with van der Waals surface area (Å²) in [5, 5.41) is 3.26. The van der Waals surface area contributed by atoms with Crippen LogP contribution in [0.3, 0.4) is 0 Å². The van der Waals surface area contributed by atoms with Crippen LogP contribution in [0.25, 0.3) is 0 Å². The number of ether oxygens (including phenoxy) is 1. The third-order valence-corrected chi connectivity index (χ3v) is 1.11. The van der Waals surface area contributed by atoms with Crippen LogP contribution in [-0.4, -0.2) is 25.8 Å². The first-order chi connectivity index (χ1) is 4.39. The van der Waals surface area contributed by atoms with Crippen LogP contribution in [-0.2, 0) is 37.4 Å². The van der Waals surface area contributed by atoms with Gasteiger partial charge in [0.2, 0.25) is 0 Å². The maximum atomic E-state index is 5.12. The van der Waals surface area contributed by atoms with Crippen LogP contribution >= 0.6 is 0 Å². The van der Waals surface area contributed by atoms with Crippen molar-refractivity contribution in [2.45, 2.75) is 26.8 Å². The number of hydrogen-bond donors (Lipinski definition) is 1. The molecule has 0 spiro atoms. The quantitative estimate of drug-likeness (QED) is 0.658. The Balaban J connectivity index is 0. The van der Waals surface area contributed by atoms with Crippen molar-refractivity contribution in [3.8, 4) is 0 Å². The van der Waals surface area contributed by atoms with Gasteiger partial charge in [0.25, 0.3) is 0 Å². The van der Waals surface area contributed by atoms with Crippen molar-refractivity contribution in [1.29, 1.82) is 0 Å². The van der Waals surface area contributed by atoms with Crippen molar-refractivity contribution in [1.82, 2.24) is 5.32 Å². The SMILES string of the molecule is CC.CC1COCCN1.[Y]. The largest absolute Gasteiger partial charge is 0.379 e. The van der Waals surface area contributed by atoms with Gasteiger partial charge in [-0.15, -0.1) is 0 Å². The molecule has 1 saturated heterocycles. The maximum Gasteiger partial charge on any atom is 0.0617 e. The second-order valence-electron chi connectivity index (χ2n) is 1.93. The van der Waals surface area contributed by atoms with Crippen LogP contribution in [0, 0.1) is 0 Å². The molecule has 0 bridgehead atoms. The summed E-state index contributed by atoms with van der Waals surface area (Å²) in [7, 11) is 0. The van der Waals surface area contributed by atoms with E-state index in [4.69, 9.17) is 4.74 Å². The first kappa shape index (κ1) is 13.6. The van der Waals surface area contributed by atoms with E-state index in [0.717, 1.165) is 19.8 Å². The van der Waals surface area contributed by atoms with Crippen molar-refractivity contribution >= 4 is 0 Å². The van der Waals surface area contributed by atoms with E-state index in [1.165, 1.54) is 0 Å². The molecule has 0 aromatic rings. The first-order valence-corrected chi connectivity index (χ1v) is 3.71. The smallest absolute Gasteiger partial charge is 0.0617 e. The molecule has 0 aromatic carbocycles. The van der Waals surface area contributed by atoms with Crippen molar-refractivity contribution in [2.24, 2.45) is 0 Å². The van der Waals surface area contributed by atoms with E-state index in [-0.39, 0.29) is 32.7 Å². The van der Waals surface area contributed by atoms with Crippen LogP contribution in [0.4, 0.5) is 0 Å². The third-order valence-electron chi connectivity index (χ3n) is 1.11. The molecule has 1 aliphatic heterocycles. The van der Waals surface area contributed by atoms with Gasteiger partial charge < -0.3 is 10.1 Å². The van der Waals surface area contributed by atoms with Gasteiger partial charge in [-0.3, -0.25) is 0 Å². The molecule has 1 aliphatic rings. The number of hydrogen-bond acceptors (Lipinski definition) is 2. The molecule has 0 aromatic heterocycles. The zero-order valence-electron chi connectivity index (χ0n) is 7.18. The fraction of sp³-hybridized carbons (Fsp3) is 1.00. The molecule has 3 heteroatoms. The van der Waals surface area contributed by atoms with Gasteiger partial charge in [-0.05, 0) is 6.92 Å². The van der Waals surface area contributed by atoms with Crippen LogP contribution in [0.15, 0.2) is 0 Å². The van der Waals surface area contributed by atoms with Gasteiger partial charge in [-0.1, -0.05) is 13.8 Å². The fourth-order valence-electron chi connectivity index (χ4n) is 0.697. The number of nitrogens with one attached hydrogen (secondary N) is 1. The molecule has 0 saturated carbocycles. The summed E-state index contributed by atoms with van der Waals surface area (Å²) in [6.07, 6.45) is 0. The molecular formula is C7H17NOY. The molecular weight excluding hydrogens is 203 g/mol. The molecule has 10 heavy (non-hydrogen) atoms. The fourth-order valence-corrected chi connectivity index (χ4v) is 0.697. The predicted molar refractivity (Wildman–Crippen MR) is 39.6 cm³/mol. The Morgan fingerprint density at radius 1 is 1.40 bits per heavy atom. The van der Waals surface area contributed by atoms with Crippen LogP contribution in [0.1, 0.15) is 20.8 Å². The zero-order valence-corrected chi connectivity index (χ0v) is 10.0. The average molecular weight is 220 g/mol. The molecule has 1 radical (unpaired) electrons. The van der Waals surface area contributed by atoms with E-state index in [1.54, 1.807) is 0 Å². The zero-order chi connectivity index (χ0) is 7.11. The van der Waals surface area contributed by atoms with E-state index in [0.29, 0.717) is 6.04 Å². The maximum absolute atomic E-state index is 5.12. The summed E-state index contributed by atoms with van der Waals surface area (Å²) in [4.78, 5) is 0. The van der Waals surface area contributed by atoms with E-state index >= 15 is 0 Å². The Bertz CT molecular complexity index is 55.6. The van der Waals surface area contributed by atoms with Gasteiger partial charge in [0, 0.05) is 45.3 Å². The van der Waals surface area contributed by atoms with Gasteiger partial charge >= 0.3 is 0 Å². The summed E-state index contributed by atoms with van der Waals surface area (Å²) < 4.78 is 5.12. The van der Waals surface area contributed by atoms with Crippen molar-refractivity contribution in [2.75, 3.05) is 19.8 Å². The topological polar surface area (TPSA) is 21.3 Å². The summed E-state index contributed by atoms with van der Waals surface area (Å²) in [5.41, 5.74) is 0. The second-order valence-corrected chi connectivity index (χ2v) is 1.93. The predicted octanol–water partition coefficient (Wildman–Crippen LogP) is 1.02. The Kier molecular flexibility index (Phi) is 13.6. The normalized spacial score (nSPS) is 23.7. The molecule has 1 heterocycles. The van der Waals surface area contributed by atoms with Crippen LogP contribution < -0.4 is 5.32 Å². The van der Waals surface area contributed by atoms with Crippen molar-refractivity contribution in [3.05, 3.63) is 0 Å². The minimum atomic E-state index is 0. The van der Waals surface area contributed by atoms with Crippen molar-refractivity contribution in [3.63, 3.8) is 0 Å². The molecule has 0 amide bonds. The van der Waals surface area contributed by atoms with Crippen LogP contribution in [0.5, 0.6) is 0 Å². The second kappa shape index (κ2) is 10.0. The molecule has 1 fully saturated rings. The first-order valence-electron chi connectivity index (χ1n) is 3.71. The Labute approximate surface area is 89.0 Å². The van der Waals surface area contributed by atoms with E-state index in [1.807, 2.05) is 13.8 Å².